The van der Waals surface area contributed by atoms with E-state index in [9.17, 15) is 0 Å². The van der Waals surface area contributed by atoms with Crippen LogP contribution in [0.1, 0.15) is 18.4 Å². The van der Waals surface area contributed by atoms with Crippen LogP contribution in [-0.2, 0) is 14.3 Å². The van der Waals surface area contributed by atoms with Gasteiger partial charge in [-0.15, -0.1) is 5.10 Å². The van der Waals surface area contributed by atoms with Crippen LogP contribution in [0.4, 0.5) is 11.5 Å². The maximum Gasteiger partial charge on any atom is 0.373 e. The van der Waals surface area contributed by atoms with Crippen LogP contribution in [0.5, 0.6) is 0 Å². The van der Waals surface area contributed by atoms with Crippen molar-refractivity contribution in [2.75, 3.05) is 23.7 Å². The van der Waals surface area contributed by atoms with Crippen molar-refractivity contribution in [2.24, 2.45) is 0 Å². The Labute approximate surface area is 161 Å². The first-order chi connectivity index (χ1) is 13.6. The van der Waals surface area contributed by atoms with E-state index in [2.05, 4.69) is 24.1 Å². The van der Waals surface area contributed by atoms with Crippen LogP contribution in [-0.4, -0.2) is 46.0 Å². The molecule has 28 heavy (non-hydrogen) atoms. The number of nitrogens with zero attached hydrogens (tertiary/aromatic N) is 4. The van der Waals surface area contributed by atoms with Crippen LogP contribution < -0.4 is 10.6 Å². The summed E-state index contributed by atoms with van der Waals surface area (Å²) in [5.41, 5.74) is 9.76. The van der Waals surface area contributed by atoms with Crippen molar-refractivity contribution in [3.63, 3.8) is 0 Å². The number of nitrogen functional groups attached to an aromatic ring is 1. The van der Waals surface area contributed by atoms with Gasteiger partial charge in [-0.2, -0.15) is 9.59 Å². The molecule has 8 heteroatoms. The van der Waals surface area contributed by atoms with E-state index in [4.69, 9.17) is 30.1 Å². The molecule has 2 N–H and O–H groups in total. The summed E-state index contributed by atoms with van der Waals surface area (Å²) in [5, 5.41) is 4.71. The molecule has 2 atom stereocenters. The van der Waals surface area contributed by atoms with E-state index in [1.165, 1.54) is 5.56 Å². The van der Waals surface area contributed by atoms with Crippen LogP contribution in [0.3, 0.4) is 0 Å². The Morgan fingerprint density at radius 1 is 1.14 bits per heavy atom. The average molecular weight is 379 g/mol. The number of hydrogen-bond donors (Lipinski definition) is 1. The van der Waals surface area contributed by atoms with Crippen LogP contribution >= 0.6 is 0 Å². The van der Waals surface area contributed by atoms with Gasteiger partial charge in [0.1, 0.15) is 5.52 Å². The fourth-order valence-corrected chi connectivity index (χ4v) is 3.89. The SMILES string of the molecule is Cc1cc2c(N3CC4CCC(C3)O4)nc(-c3ccc(N)cc3)nn2c1.O=C=O. The van der Waals surface area contributed by atoms with E-state index < -0.39 is 0 Å². The molecule has 0 saturated carbocycles. The molecule has 1 aromatic carbocycles. The molecule has 144 valence electrons. The second-order valence-electron chi connectivity index (χ2n) is 7.17. The highest BCUT2D eigenvalue weighted by atomic mass is 16.5. The van der Waals surface area contributed by atoms with Crippen molar-refractivity contribution < 1.29 is 14.3 Å². The number of morpholine rings is 1. The lowest BCUT2D eigenvalue weighted by Gasteiger charge is -2.33. The van der Waals surface area contributed by atoms with Gasteiger partial charge in [-0.05, 0) is 55.7 Å². The summed E-state index contributed by atoms with van der Waals surface area (Å²) >= 11 is 0. The zero-order valence-electron chi connectivity index (χ0n) is 15.5. The molecule has 2 bridgehead atoms. The topological polar surface area (TPSA) is 103 Å². The van der Waals surface area contributed by atoms with E-state index in [-0.39, 0.29) is 6.15 Å². The number of carbonyl (C=O) groups excluding carboxylic acids is 2. The molecule has 8 nitrogen and oxygen atoms in total. The number of anilines is 2. The highest BCUT2D eigenvalue weighted by Gasteiger charge is 2.35. The lowest BCUT2D eigenvalue weighted by molar-refractivity contribution is -0.191. The maximum atomic E-state index is 8.12. The molecule has 3 aromatic rings. The fraction of sp³-hybridized carbons (Fsp3) is 0.350. The first kappa shape index (κ1) is 18.2. The number of benzene rings is 1. The summed E-state index contributed by atoms with van der Waals surface area (Å²) in [6.45, 7) is 3.88. The summed E-state index contributed by atoms with van der Waals surface area (Å²) in [6, 6.07) is 9.87. The number of fused-ring (bicyclic) bond motifs is 3. The van der Waals surface area contributed by atoms with E-state index in [0.29, 0.717) is 12.2 Å². The van der Waals surface area contributed by atoms with Gasteiger partial charge in [0.15, 0.2) is 11.6 Å². The van der Waals surface area contributed by atoms with Gasteiger partial charge in [-0.1, -0.05) is 0 Å². The monoisotopic (exact) mass is 379 g/mol. The Morgan fingerprint density at radius 3 is 2.43 bits per heavy atom. The summed E-state index contributed by atoms with van der Waals surface area (Å²) in [6.07, 6.45) is 5.24. The summed E-state index contributed by atoms with van der Waals surface area (Å²) in [5.74, 6) is 1.71. The Kier molecular flexibility index (Phi) is 4.81. The molecule has 2 fully saturated rings. The molecule has 2 unspecified atom stereocenters. The minimum atomic E-state index is 0.250. The quantitative estimate of drug-likeness (QED) is 0.680. The number of aromatic nitrogens is 3. The second-order valence-corrected chi connectivity index (χ2v) is 7.17. The van der Waals surface area contributed by atoms with Crippen LogP contribution in [0.25, 0.3) is 16.9 Å². The number of aryl methyl sites for hydroxylation is 1. The molecule has 0 radical (unpaired) electrons. The lowest BCUT2D eigenvalue weighted by Crippen LogP contribution is -2.43. The van der Waals surface area contributed by atoms with Gasteiger partial charge in [0.05, 0.1) is 12.2 Å². The molecular weight excluding hydrogens is 358 g/mol. The van der Waals surface area contributed by atoms with Gasteiger partial charge < -0.3 is 15.4 Å². The highest BCUT2D eigenvalue weighted by molar-refractivity contribution is 5.73. The first-order valence-corrected chi connectivity index (χ1v) is 9.20. The minimum Gasteiger partial charge on any atom is -0.399 e. The Bertz CT molecular complexity index is 1010. The molecule has 4 heterocycles. The van der Waals surface area contributed by atoms with Crippen LogP contribution in [0.2, 0.25) is 0 Å². The van der Waals surface area contributed by atoms with Crippen molar-refractivity contribution in [2.45, 2.75) is 32.0 Å². The van der Waals surface area contributed by atoms with Gasteiger partial charge in [-0.25, -0.2) is 9.50 Å². The summed E-state index contributed by atoms with van der Waals surface area (Å²) in [7, 11) is 0. The fourth-order valence-electron chi connectivity index (χ4n) is 3.89. The Hall–Kier alpha value is -3.22. The number of rotatable bonds is 2. The smallest absolute Gasteiger partial charge is 0.373 e. The third-order valence-electron chi connectivity index (χ3n) is 5.09. The molecule has 0 aliphatic carbocycles. The first-order valence-electron chi connectivity index (χ1n) is 9.20. The number of nitrogens with two attached hydrogens (primary N) is 1. The summed E-state index contributed by atoms with van der Waals surface area (Å²) in [4.78, 5) is 23.5. The second kappa shape index (κ2) is 7.42. The van der Waals surface area contributed by atoms with Crippen LogP contribution in [0.15, 0.2) is 36.5 Å². The predicted molar refractivity (Wildman–Crippen MR) is 103 cm³/mol. The van der Waals surface area contributed by atoms with Gasteiger partial charge >= 0.3 is 6.15 Å². The van der Waals surface area contributed by atoms with Gasteiger partial charge in [0, 0.05) is 30.5 Å². The van der Waals surface area contributed by atoms with Crippen molar-refractivity contribution in [1.29, 1.82) is 0 Å². The highest BCUT2D eigenvalue weighted by Crippen LogP contribution is 2.32. The molecule has 2 aromatic heterocycles. The number of ether oxygens (including phenoxy) is 1. The lowest BCUT2D eigenvalue weighted by atomic mass is 10.2. The van der Waals surface area contributed by atoms with E-state index in [1.807, 2.05) is 28.8 Å². The molecule has 2 aliphatic heterocycles. The van der Waals surface area contributed by atoms with Crippen molar-refractivity contribution in [3.8, 4) is 11.4 Å². The standard InChI is InChI=1S/C19H21N5O.CO2/c1-12-8-17-19(23-10-15-6-7-16(11-23)25-15)21-18(22-24(17)9-12)13-2-4-14(20)5-3-13;2-1-3/h2-5,8-9,15-16H,6-7,10-11,20H2,1H3;. The Morgan fingerprint density at radius 2 is 1.79 bits per heavy atom. The van der Waals surface area contributed by atoms with Crippen LogP contribution in [0, 0.1) is 6.92 Å². The molecular formula is C20H21N5O3. The number of hydrogen-bond acceptors (Lipinski definition) is 7. The molecule has 5 rings (SSSR count). The van der Waals surface area contributed by atoms with Crippen molar-refractivity contribution in [1.82, 2.24) is 14.6 Å². The Balaban J connectivity index is 0.000000604. The van der Waals surface area contributed by atoms with Gasteiger partial charge in [0.2, 0.25) is 0 Å². The van der Waals surface area contributed by atoms with Crippen molar-refractivity contribution >= 4 is 23.2 Å². The zero-order valence-corrected chi connectivity index (χ0v) is 15.5. The molecule has 0 spiro atoms. The normalized spacial score (nSPS) is 20.5. The van der Waals surface area contributed by atoms with Crippen molar-refractivity contribution in [3.05, 3.63) is 42.1 Å². The predicted octanol–water partition coefficient (Wildman–Crippen LogP) is 2.07. The molecule has 2 aliphatic rings. The minimum absolute atomic E-state index is 0.250. The zero-order chi connectivity index (χ0) is 19.7. The third kappa shape index (κ3) is 3.47. The van der Waals surface area contributed by atoms with E-state index in [1.54, 1.807) is 0 Å². The van der Waals surface area contributed by atoms with Gasteiger partial charge in [-0.3, -0.25) is 0 Å². The average Bonchev–Trinajstić information content (AvgIpc) is 3.22. The molecule has 0 amide bonds. The van der Waals surface area contributed by atoms with E-state index in [0.717, 1.165) is 54.3 Å². The summed E-state index contributed by atoms with van der Waals surface area (Å²) < 4.78 is 7.93. The van der Waals surface area contributed by atoms with E-state index >= 15 is 0 Å². The maximum absolute atomic E-state index is 8.12. The molecule has 2 saturated heterocycles. The third-order valence-corrected chi connectivity index (χ3v) is 5.09. The van der Waals surface area contributed by atoms with Gasteiger partial charge in [0.25, 0.3) is 0 Å². The largest absolute Gasteiger partial charge is 0.399 e.